The minimum Gasteiger partial charge on any atom is -0.496 e. The van der Waals surface area contributed by atoms with Gasteiger partial charge in [-0.05, 0) is 55.2 Å². The van der Waals surface area contributed by atoms with Gasteiger partial charge in [0.1, 0.15) is 11.6 Å². The lowest BCUT2D eigenvalue weighted by atomic mass is 10.0. The van der Waals surface area contributed by atoms with Crippen LogP contribution in [0.5, 0.6) is 5.75 Å². The number of anilines is 1. The van der Waals surface area contributed by atoms with Gasteiger partial charge in [0.15, 0.2) is 0 Å². The van der Waals surface area contributed by atoms with Crippen LogP contribution in [0.4, 0.5) is 5.69 Å². The summed E-state index contributed by atoms with van der Waals surface area (Å²) >= 11 is 0. The van der Waals surface area contributed by atoms with Crippen molar-refractivity contribution in [3.8, 4) is 16.9 Å². The second-order valence-corrected chi connectivity index (χ2v) is 8.44. The van der Waals surface area contributed by atoms with Gasteiger partial charge in [-0.3, -0.25) is 14.2 Å². The van der Waals surface area contributed by atoms with E-state index in [2.05, 4.69) is 10.3 Å². The predicted molar refractivity (Wildman–Crippen MR) is 130 cm³/mol. The van der Waals surface area contributed by atoms with Crippen LogP contribution in [-0.4, -0.2) is 22.6 Å². The number of fused-ring (bicyclic) bond motifs is 1. The summed E-state index contributed by atoms with van der Waals surface area (Å²) in [5.41, 5.74) is 4.22. The number of amides is 1. The van der Waals surface area contributed by atoms with Crippen LogP contribution in [0.3, 0.4) is 0 Å². The Kier molecular flexibility index (Phi) is 5.42. The average molecular weight is 440 g/mol. The predicted octanol–water partition coefficient (Wildman–Crippen LogP) is 4.78. The monoisotopic (exact) mass is 439 g/mol. The lowest BCUT2D eigenvalue weighted by molar-refractivity contribution is -0.117. The highest BCUT2D eigenvalue weighted by molar-refractivity contribution is 5.96. The number of nitrogens with zero attached hydrogens (tertiary/aromatic N) is 2. The molecule has 1 aliphatic rings. The van der Waals surface area contributed by atoms with Gasteiger partial charge in [-0.1, -0.05) is 42.5 Å². The molecule has 1 saturated carbocycles. The number of carbonyl (C=O) groups excluding carboxylic acids is 1. The standard InChI is InChI=1S/C27H25N3O3/c1-17-28-24-14-13-21(29-26(31)20-11-12-20)15-23(24)27(32)30(17)16-18-7-9-19(10-8-18)22-5-3-4-6-25(22)33-2/h3-10,13-15,20H,11-12,16H2,1-2H3,(H,29,31). The maximum absolute atomic E-state index is 13.3. The molecule has 1 amide bonds. The molecule has 0 radical (unpaired) electrons. The average Bonchev–Trinajstić information content (AvgIpc) is 3.68. The molecule has 0 unspecified atom stereocenters. The zero-order valence-corrected chi connectivity index (χ0v) is 18.7. The van der Waals surface area contributed by atoms with Crippen molar-refractivity contribution in [2.75, 3.05) is 12.4 Å². The van der Waals surface area contributed by atoms with Gasteiger partial charge >= 0.3 is 0 Å². The van der Waals surface area contributed by atoms with Crippen LogP contribution >= 0.6 is 0 Å². The van der Waals surface area contributed by atoms with E-state index in [1.807, 2.05) is 55.5 Å². The Morgan fingerprint density at radius 3 is 2.58 bits per heavy atom. The zero-order valence-electron chi connectivity index (χ0n) is 18.7. The third-order valence-electron chi connectivity index (χ3n) is 6.07. The Hall–Kier alpha value is -3.93. The minimum absolute atomic E-state index is 0.0184. The number of aromatic nitrogens is 2. The van der Waals surface area contributed by atoms with E-state index in [0.29, 0.717) is 29.0 Å². The first-order valence-electron chi connectivity index (χ1n) is 11.1. The molecule has 0 spiro atoms. The van der Waals surface area contributed by atoms with Gasteiger partial charge in [-0.2, -0.15) is 0 Å². The van der Waals surface area contributed by atoms with E-state index in [1.54, 1.807) is 29.9 Å². The molecule has 4 aromatic rings. The smallest absolute Gasteiger partial charge is 0.261 e. The van der Waals surface area contributed by atoms with Crippen molar-refractivity contribution in [1.29, 1.82) is 0 Å². The molecule has 6 heteroatoms. The van der Waals surface area contributed by atoms with Crippen LogP contribution in [0.2, 0.25) is 0 Å². The molecule has 166 valence electrons. The number of para-hydroxylation sites is 1. The van der Waals surface area contributed by atoms with Crippen LogP contribution in [0.1, 0.15) is 24.2 Å². The Labute approximate surface area is 191 Å². The maximum atomic E-state index is 13.3. The molecular weight excluding hydrogens is 414 g/mol. The summed E-state index contributed by atoms with van der Waals surface area (Å²) in [6.45, 7) is 2.26. The third kappa shape index (κ3) is 4.24. The van der Waals surface area contributed by atoms with Gasteiger partial charge in [0, 0.05) is 17.2 Å². The van der Waals surface area contributed by atoms with E-state index >= 15 is 0 Å². The first-order valence-corrected chi connectivity index (χ1v) is 11.1. The normalized spacial score (nSPS) is 13.2. The molecule has 0 bridgehead atoms. The second kappa shape index (κ2) is 8.54. The van der Waals surface area contributed by atoms with Gasteiger partial charge in [0.2, 0.25) is 5.91 Å². The number of aryl methyl sites for hydroxylation is 1. The molecule has 0 atom stereocenters. The summed E-state index contributed by atoms with van der Waals surface area (Å²) in [4.78, 5) is 30.0. The highest BCUT2D eigenvalue weighted by atomic mass is 16.5. The first-order chi connectivity index (χ1) is 16.0. The Bertz CT molecular complexity index is 1400. The Balaban J connectivity index is 1.44. The Morgan fingerprint density at radius 2 is 1.85 bits per heavy atom. The number of carbonyl (C=O) groups is 1. The third-order valence-corrected chi connectivity index (χ3v) is 6.07. The van der Waals surface area contributed by atoms with Crippen molar-refractivity contribution in [3.63, 3.8) is 0 Å². The summed E-state index contributed by atoms with van der Waals surface area (Å²) < 4.78 is 7.14. The van der Waals surface area contributed by atoms with E-state index in [4.69, 9.17) is 4.74 Å². The molecule has 0 aliphatic heterocycles. The molecule has 1 N–H and O–H groups in total. The number of methoxy groups -OCH3 is 1. The van der Waals surface area contributed by atoms with Gasteiger partial charge < -0.3 is 10.1 Å². The topological polar surface area (TPSA) is 73.2 Å². The molecule has 33 heavy (non-hydrogen) atoms. The lowest BCUT2D eigenvalue weighted by Gasteiger charge is -2.13. The fraction of sp³-hybridized carbons (Fsp3) is 0.222. The van der Waals surface area contributed by atoms with Crippen molar-refractivity contribution in [3.05, 3.63) is 88.5 Å². The number of hydrogen-bond donors (Lipinski definition) is 1. The van der Waals surface area contributed by atoms with E-state index in [-0.39, 0.29) is 17.4 Å². The minimum atomic E-state index is -0.117. The number of nitrogens with one attached hydrogen (secondary N) is 1. The van der Waals surface area contributed by atoms with Crippen molar-refractivity contribution in [1.82, 2.24) is 9.55 Å². The molecule has 0 saturated heterocycles. The second-order valence-electron chi connectivity index (χ2n) is 8.44. The molecule has 3 aromatic carbocycles. The summed E-state index contributed by atoms with van der Waals surface area (Å²) in [7, 11) is 1.66. The lowest BCUT2D eigenvalue weighted by Crippen LogP contribution is -2.24. The van der Waals surface area contributed by atoms with Crippen LogP contribution in [0, 0.1) is 12.8 Å². The van der Waals surface area contributed by atoms with Crippen LogP contribution in [0.15, 0.2) is 71.5 Å². The van der Waals surface area contributed by atoms with Gasteiger partial charge in [0.05, 0.1) is 24.6 Å². The van der Waals surface area contributed by atoms with Crippen molar-refractivity contribution < 1.29 is 9.53 Å². The highest BCUT2D eigenvalue weighted by Gasteiger charge is 2.29. The van der Waals surface area contributed by atoms with E-state index < -0.39 is 0 Å². The number of ether oxygens (including phenoxy) is 1. The van der Waals surface area contributed by atoms with Gasteiger partial charge in [-0.15, -0.1) is 0 Å². The molecular formula is C27H25N3O3. The Morgan fingerprint density at radius 1 is 1.09 bits per heavy atom. The molecule has 1 aromatic heterocycles. The number of rotatable bonds is 6. The number of hydrogen-bond acceptors (Lipinski definition) is 4. The number of benzene rings is 3. The highest BCUT2D eigenvalue weighted by Crippen LogP contribution is 2.31. The van der Waals surface area contributed by atoms with Crippen molar-refractivity contribution >= 4 is 22.5 Å². The van der Waals surface area contributed by atoms with E-state index in [1.165, 1.54) is 0 Å². The van der Waals surface area contributed by atoms with Crippen molar-refractivity contribution in [2.24, 2.45) is 5.92 Å². The largest absolute Gasteiger partial charge is 0.496 e. The first kappa shape index (κ1) is 20.9. The zero-order chi connectivity index (χ0) is 22.9. The molecule has 1 aliphatic carbocycles. The fourth-order valence-corrected chi connectivity index (χ4v) is 4.04. The van der Waals surface area contributed by atoms with Crippen LogP contribution in [0.25, 0.3) is 22.0 Å². The summed E-state index contributed by atoms with van der Waals surface area (Å²) in [6.07, 6.45) is 1.87. The maximum Gasteiger partial charge on any atom is 0.261 e. The molecule has 5 rings (SSSR count). The summed E-state index contributed by atoms with van der Waals surface area (Å²) in [5, 5.41) is 3.41. The van der Waals surface area contributed by atoms with Gasteiger partial charge in [-0.25, -0.2) is 4.98 Å². The summed E-state index contributed by atoms with van der Waals surface area (Å²) in [6, 6.07) is 21.3. The summed E-state index contributed by atoms with van der Waals surface area (Å²) in [5.74, 6) is 1.59. The molecule has 1 fully saturated rings. The quantitative estimate of drug-likeness (QED) is 0.469. The van der Waals surface area contributed by atoms with Gasteiger partial charge in [0.25, 0.3) is 5.56 Å². The van der Waals surface area contributed by atoms with Crippen LogP contribution in [-0.2, 0) is 11.3 Å². The van der Waals surface area contributed by atoms with Crippen molar-refractivity contribution in [2.45, 2.75) is 26.3 Å². The van der Waals surface area contributed by atoms with E-state index in [9.17, 15) is 9.59 Å². The fourth-order valence-electron chi connectivity index (χ4n) is 4.04. The molecule has 1 heterocycles. The van der Waals surface area contributed by atoms with E-state index in [0.717, 1.165) is 35.3 Å². The molecule has 6 nitrogen and oxygen atoms in total. The SMILES string of the molecule is COc1ccccc1-c1ccc(Cn2c(C)nc3ccc(NC(=O)C4CC4)cc3c2=O)cc1. The van der Waals surface area contributed by atoms with Crippen LogP contribution < -0.4 is 15.6 Å².